The van der Waals surface area contributed by atoms with E-state index in [9.17, 15) is 9.18 Å². The summed E-state index contributed by atoms with van der Waals surface area (Å²) >= 11 is 0. The van der Waals surface area contributed by atoms with Crippen molar-refractivity contribution in [2.75, 3.05) is 6.54 Å². The van der Waals surface area contributed by atoms with Crippen molar-refractivity contribution in [1.82, 2.24) is 10.3 Å². The molecule has 0 saturated heterocycles. The van der Waals surface area contributed by atoms with Gasteiger partial charge in [-0.2, -0.15) is 0 Å². The molecule has 0 aliphatic carbocycles. The predicted octanol–water partition coefficient (Wildman–Crippen LogP) is 4.39. The molecule has 1 N–H and O–H groups in total. The van der Waals surface area contributed by atoms with Gasteiger partial charge in [-0.3, -0.25) is 9.78 Å². The van der Waals surface area contributed by atoms with E-state index in [1.165, 1.54) is 18.2 Å². The maximum absolute atomic E-state index is 13.5. The van der Waals surface area contributed by atoms with Gasteiger partial charge in [0.1, 0.15) is 17.3 Å². The molecule has 0 aliphatic heterocycles. The number of ether oxygens (including phenoxy) is 1. The number of carbonyl (C=O) groups excluding carboxylic acids is 1. The minimum absolute atomic E-state index is 0.263. The number of rotatable bonds is 7. The lowest BCUT2D eigenvalue weighted by atomic mass is 10.1. The lowest BCUT2D eigenvalue weighted by Crippen LogP contribution is -2.23. The summed E-state index contributed by atoms with van der Waals surface area (Å²) in [6.45, 7) is 0.469. The highest BCUT2D eigenvalue weighted by atomic mass is 19.1. The van der Waals surface area contributed by atoms with E-state index in [0.29, 0.717) is 30.0 Å². The van der Waals surface area contributed by atoms with Crippen LogP contribution in [0.5, 0.6) is 11.5 Å². The Morgan fingerprint density at radius 2 is 1.93 bits per heavy atom. The second kappa shape index (κ2) is 9.29. The van der Waals surface area contributed by atoms with Crippen LogP contribution in [0.25, 0.3) is 6.08 Å². The summed E-state index contributed by atoms with van der Waals surface area (Å²) in [6, 6.07) is 17.6. The summed E-state index contributed by atoms with van der Waals surface area (Å²) in [5, 5.41) is 2.79. The van der Waals surface area contributed by atoms with Gasteiger partial charge in [-0.1, -0.05) is 30.3 Å². The number of halogens is 1. The quantitative estimate of drug-likeness (QED) is 0.635. The van der Waals surface area contributed by atoms with Crippen molar-refractivity contribution in [3.05, 3.63) is 96.1 Å². The summed E-state index contributed by atoms with van der Waals surface area (Å²) in [5.41, 5.74) is 1.42. The Bertz CT molecular complexity index is 926. The van der Waals surface area contributed by atoms with E-state index in [-0.39, 0.29) is 11.7 Å². The summed E-state index contributed by atoms with van der Waals surface area (Å²) in [7, 11) is 0. The standard InChI is InChI=1S/C22H19FN2O2/c23-21-9-2-1-6-18(21)10-11-22(26)25-14-12-17-5-3-7-19(15-17)27-20-8-4-13-24-16-20/h1-11,13,15-16H,12,14H2,(H,25,26)/b11-10+. The first-order valence-corrected chi connectivity index (χ1v) is 8.58. The first kappa shape index (κ1) is 18.3. The van der Waals surface area contributed by atoms with Gasteiger partial charge in [-0.05, 0) is 48.4 Å². The number of nitrogens with one attached hydrogen (secondary N) is 1. The molecule has 0 fully saturated rings. The number of benzene rings is 2. The third kappa shape index (κ3) is 5.78. The van der Waals surface area contributed by atoms with Crippen molar-refractivity contribution >= 4 is 12.0 Å². The number of carbonyl (C=O) groups is 1. The Hall–Kier alpha value is -3.47. The molecule has 0 atom stereocenters. The number of amides is 1. The summed E-state index contributed by atoms with van der Waals surface area (Å²) in [6.07, 6.45) is 6.79. The fraction of sp³-hybridized carbons (Fsp3) is 0.0909. The minimum atomic E-state index is -0.355. The Balaban J connectivity index is 1.49. The van der Waals surface area contributed by atoms with Crippen LogP contribution >= 0.6 is 0 Å². The molecule has 2 aromatic carbocycles. The number of hydrogen-bond donors (Lipinski definition) is 1. The third-order valence-electron chi connectivity index (χ3n) is 3.80. The highest BCUT2D eigenvalue weighted by molar-refractivity contribution is 5.91. The Morgan fingerprint density at radius 1 is 1.07 bits per heavy atom. The van der Waals surface area contributed by atoms with Crippen molar-refractivity contribution in [2.45, 2.75) is 6.42 Å². The monoisotopic (exact) mass is 362 g/mol. The molecule has 1 amide bonds. The zero-order valence-corrected chi connectivity index (χ0v) is 14.6. The van der Waals surface area contributed by atoms with Crippen LogP contribution in [-0.2, 0) is 11.2 Å². The molecule has 0 aliphatic rings. The van der Waals surface area contributed by atoms with Crippen molar-refractivity contribution < 1.29 is 13.9 Å². The molecule has 27 heavy (non-hydrogen) atoms. The van der Waals surface area contributed by atoms with E-state index in [1.807, 2.05) is 36.4 Å². The van der Waals surface area contributed by atoms with Crippen LogP contribution in [0.1, 0.15) is 11.1 Å². The van der Waals surface area contributed by atoms with E-state index in [0.717, 1.165) is 5.56 Å². The van der Waals surface area contributed by atoms with Gasteiger partial charge in [0.25, 0.3) is 0 Å². The largest absolute Gasteiger partial charge is 0.456 e. The zero-order valence-electron chi connectivity index (χ0n) is 14.6. The molecule has 4 nitrogen and oxygen atoms in total. The molecule has 1 aromatic heterocycles. The lowest BCUT2D eigenvalue weighted by Gasteiger charge is -2.07. The maximum Gasteiger partial charge on any atom is 0.244 e. The van der Waals surface area contributed by atoms with Crippen molar-refractivity contribution in [3.63, 3.8) is 0 Å². The zero-order chi connectivity index (χ0) is 18.9. The topological polar surface area (TPSA) is 51.2 Å². The maximum atomic E-state index is 13.5. The van der Waals surface area contributed by atoms with Gasteiger partial charge < -0.3 is 10.1 Å². The van der Waals surface area contributed by atoms with Crippen LogP contribution in [0.3, 0.4) is 0 Å². The Kier molecular flexibility index (Phi) is 6.30. The van der Waals surface area contributed by atoms with E-state index < -0.39 is 0 Å². The van der Waals surface area contributed by atoms with Gasteiger partial charge in [-0.25, -0.2) is 4.39 Å². The van der Waals surface area contributed by atoms with Crippen LogP contribution in [-0.4, -0.2) is 17.4 Å². The molecule has 3 aromatic rings. The highest BCUT2D eigenvalue weighted by Gasteiger charge is 2.01. The van der Waals surface area contributed by atoms with Gasteiger partial charge in [-0.15, -0.1) is 0 Å². The molecule has 5 heteroatoms. The number of nitrogens with zero attached hydrogens (tertiary/aromatic N) is 1. The van der Waals surface area contributed by atoms with Gasteiger partial charge in [0.15, 0.2) is 0 Å². The lowest BCUT2D eigenvalue weighted by molar-refractivity contribution is -0.116. The van der Waals surface area contributed by atoms with Crippen LogP contribution in [0.2, 0.25) is 0 Å². The normalized spacial score (nSPS) is 10.7. The minimum Gasteiger partial charge on any atom is -0.456 e. The number of aromatic nitrogens is 1. The summed E-state index contributed by atoms with van der Waals surface area (Å²) < 4.78 is 19.3. The molecule has 0 spiro atoms. The van der Waals surface area contributed by atoms with Crippen LogP contribution in [0.4, 0.5) is 4.39 Å². The van der Waals surface area contributed by atoms with Crippen molar-refractivity contribution in [1.29, 1.82) is 0 Å². The van der Waals surface area contributed by atoms with E-state index in [2.05, 4.69) is 10.3 Å². The van der Waals surface area contributed by atoms with Gasteiger partial charge >= 0.3 is 0 Å². The average Bonchev–Trinajstić information content (AvgIpc) is 2.68. The second-order valence-corrected chi connectivity index (χ2v) is 5.83. The molecule has 1 heterocycles. The first-order valence-electron chi connectivity index (χ1n) is 8.58. The molecule has 136 valence electrons. The molecular formula is C22H19FN2O2. The predicted molar refractivity (Wildman–Crippen MR) is 103 cm³/mol. The average molecular weight is 362 g/mol. The third-order valence-corrected chi connectivity index (χ3v) is 3.80. The summed E-state index contributed by atoms with van der Waals surface area (Å²) in [4.78, 5) is 15.9. The van der Waals surface area contributed by atoms with Crippen LogP contribution in [0, 0.1) is 5.82 Å². The fourth-order valence-corrected chi connectivity index (χ4v) is 2.47. The van der Waals surface area contributed by atoms with Crippen LogP contribution in [0.15, 0.2) is 79.1 Å². The Morgan fingerprint density at radius 3 is 2.74 bits per heavy atom. The molecular weight excluding hydrogens is 343 g/mol. The fourth-order valence-electron chi connectivity index (χ4n) is 2.47. The van der Waals surface area contributed by atoms with Gasteiger partial charge in [0.05, 0.1) is 6.20 Å². The first-order chi connectivity index (χ1) is 13.2. The molecule has 0 bridgehead atoms. The van der Waals surface area contributed by atoms with E-state index >= 15 is 0 Å². The Labute approximate surface area is 157 Å². The molecule has 3 rings (SSSR count). The second-order valence-electron chi connectivity index (χ2n) is 5.83. The molecule has 0 radical (unpaired) electrons. The van der Waals surface area contributed by atoms with E-state index in [4.69, 9.17) is 4.74 Å². The SMILES string of the molecule is O=C(/C=C/c1ccccc1F)NCCc1cccc(Oc2cccnc2)c1. The smallest absolute Gasteiger partial charge is 0.244 e. The van der Waals surface area contributed by atoms with E-state index in [1.54, 1.807) is 30.6 Å². The highest BCUT2D eigenvalue weighted by Crippen LogP contribution is 2.21. The number of hydrogen-bond acceptors (Lipinski definition) is 3. The van der Waals surface area contributed by atoms with Crippen molar-refractivity contribution in [2.24, 2.45) is 0 Å². The van der Waals surface area contributed by atoms with Gasteiger partial charge in [0.2, 0.25) is 5.91 Å². The number of pyridine rings is 1. The van der Waals surface area contributed by atoms with Gasteiger partial charge in [0, 0.05) is 24.4 Å². The molecule has 0 unspecified atom stereocenters. The molecule has 0 saturated carbocycles. The summed E-state index contributed by atoms with van der Waals surface area (Å²) in [5.74, 6) is 0.764. The van der Waals surface area contributed by atoms with Crippen LogP contribution < -0.4 is 10.1 Å². The van der Waals surface area contributed by atoms with Crippen molar-refractivity contribution in [3.8, 4) is 11.5 Å².